The topological polar surface area (TPSA) is 33.2 Å². The number of carbonyl (C=O) groups excluding carboxylic acids is 1. The normalized spacial score (nSPS) is 41.3. The van der Waals surface area contributed by atoms with Gasteiger partial charge in [0.1, 0.15) is 0 Å². The van der Waals surface area contributed by atoms with E-state index < -0.39 is 0 Å². The highest BCUT2D eigenvalue weighted by molar-refractivity contribution is 6.31. The van der Waals surface area contributed by atoms with Crippen molar-refractivity contribution in [3.63, 3.8) is 0 Å². The van der Waals surface area contributed by atoms with E-state index >= 15 is 0 Å². The van der Waals surface area contributed by atoms with Gasteiger partial charge in [-0.15, -0.1) is 0 Å². The molecule has 4 aliphatic rings. The van der Waals surface area contributed by atoms with Crippen molar-refractivity contribution in [3.05, 3.63) is 28.5 Å². The van der Waals surface area contributed by atoms with Crippen molar-refractivity contribution in [1.82, 2.24) is 9.88 Å². The van der Waals surface area contributed by atoms with Gasteiger partial charge in [0.05, 0.1) is 11.1 Å². The van der Waals surface area contributed by atoms with E-state index in [1.165, 1.54) is 24.0 Å². The molecule has 116 valence electrons. The van der Waals surface area contributed by atoms with Crippen LogP contribution in [0.2, 0.25) is 5.02 Å². The molecular weight excluding hydrogens is 296 g/mol. The molecular formula is C18H21ClN2O. The van der Waals surface area contributed by atoms with E-state index in [-0.39, 0.29) is 11.5 Å². The molecule has 0 N–H and O–H groups in total. The monoisotopic (exact) mass is 316 g/mol. The quantitative estimate of drug-likeness (QED) is 0.786. The molecule has 1 amide bonds. The number of halogens is 1. The van der Waals surface area contributed by atoms with Gasteiger partial charge in [-0.3, -0.25) is 9.78 Å². The Morgan fingerprint density at radius 3 is 2.82 bits per heavy atom. The van der Waals surface area contributed by atoms with E-state index in [1.54, 1.807) is 6.20 Å². The summed E-state index contributed by atoms with van der Waals surface area (Å²) in [5.41, 5.74) is 2.41. The van der Waals surface area contributed by atoms with Gasteiger partial charge in [-0.25, -0.2) is 0 Å². The number of hydrogen-bond acceptors (Lipinski definition) is 2. The molecule has 3 fully saturated rings. The highest BCUT2D eigenvalue weighted by atomic mass is 35.5. The number of nitrogens with zero attached hydrogens (tertiary/aromatic N) is 2. The van der Waals surface area contributed by atoms with Gasteiger partial charge >= 0.3 is 0 Å². The molecule has 2 heterocycles. The fraction of sp³-hybridized carbons (Fsp3) is 0.667. The van der Waals surface area contributed by atoms with Crippen LogP contribution in [-0.2, 0) is 4.79 Å². The Morgan fingerprint density at radius 2 is 2.14 bits per heavy atom. The highest BCUT2D eigenvalue weighted by Gasteiger charge is 2.58. The van der Waals surface area contributed by atoms with Gasteiger partial charge in [-0.1, -0.05) is 18.5 Å². The Kier molecular flexibility index (Phi) is 2.58. The van der Waals surface area contributed by atoms with E-state index in [4.69, 9.17) is 11.6 Å². The summed E-state index contributed by atoms with van der Waals surface area (Å²) in [7, 11) is 0. The Hall–Kier alpha value is -1.09. The number of aromatic nitrogens is 1. The molecule has 1 aromatic rings. The van der Waals surface area contributed by atoms with E-state index in [2.05, 4.69) is 16.8 Å². The molecule has 2 bridgehead atoms. The summed E-state index contributed by atoms with van der Waals surface area (Å²) in [6.45, 7) is 3.14. The molecule has 5 rings (SSSR count). The van der Waals surface area contributed by atoms with Crippen LogP contribution in [0.25, 0.3) is 0 Å². The van der Waals surface area contributed by atoms with Crippen molar-refractivity contribution in [3.8, 4) is 0 Å². The maximum absolute atomic E-state index is 13.3. The Bertz CT molecular complexity index is 665. The molecule has 1 aliphatic heterocycles. The van der Waals surface area contributed by atoms with Gasteiger partial charge in [-0.05, 0) is 55.1 Å². The first-order valence-corrected chi connectivity index (χ1v) is 8.93. The van der Waals surface area contributed by atoms with E-state index in [1.807, 2.05) is 6.20 Å². The summed E-state index contributed by atoms with van der Waals surface area (Å²) in [6.07, 6.45) is 9.53. The van der Waals surface area contributed by atoms with E-state index in [0.717, 1.165) is 36.7 Å². The van der Waals surface area contributed by atoms with Crippen molar-refractivity contribution < 1.29 is 4.79 Å². The van der Waals surface area contributed by atoms with Crippen molar-refractivity contribution in [2.45, 2.75) is 51.0 Å². The standard InChI is InChI=1S/C18H21ClN2O/c1-10-9-21(17(22)18-4-2-11(6-18)3-5-18)16-12-7-20-8-13(19)15(12)14(10)16/h7-8,10-11,14,16H,2-6,9H2,1H3/t10-,11?,14?,16+,18?/m0/s1. The largest absolute Gasteiger partial charge is 0.334 e. The Labute approximate surface area is 136 Å². The first-order valence-electron chi connectivity index (χ1n) is 8.55. The zero-order chi connectivity index (χ0) is 15.1. The lowest BCUT2D eigenvalue weighted by atomic mass is 9.70. The minimum absolute atomic E-state index is 0.0268. The smallest absolute Gasteiger partial charge is 0.229 e. The lowest BCUT2D eigenvalue weighted by molar-refractivity contribution is -0.143. The van der Waals surface area contributed by atoms with Crippen LogP contribution < -0.4 is 0 Å². The minimum Gasteiger partial charge on any atom is -0.334 e. The van der Waals surface area contributed by atoms with Gasteiger partial charge in [0.25, 0.3) is 0 Å². The SMILES string of the molecule is C[C@H]1CN(C(=O)C23CCC(CC2)C3)[C@@H]2c3cncc(Cl)c3C21. The van der Waals surface area contributed by atoms with Crippen molar-refractivity contribution in [2.75, 3.05) is 6.54 Å². The molecule has 4 heteroatoms. The number of amides is 1. The van der Waals surface area contributed by atoms with E-state index in [9.17, 15) is 4.79 Å². The summed E-state index contributed by atoms with van der Waals surface area (Å²) >= 11 is 6.35. The number of rotatable bonds is 1. The zero-order valence-electron chi connectivity index (χ0n) is 12.9. The molecule has 1 saturated heterocycles. The lowest BCUT2D eigenvalue weighted by Gasteiger charge is -2.42. The van der Waals surface area contributed by atoms with Crippen molar-refractivity contribution >= 4 is 17.5 Å². The maximum atomic E-state index is 13.3. The van der Waals surface area contributed by atoms with Gasteiger partial charge in [0.2, 0.25) is 5.91 Å². The summed E-state index contributed by atoms with van der Waals surface area (Å²) in [6, 6.07) is 0.234. The molecule has 1 aromatic heterocycles. The van der Waals surface area contributed by atoms with Crippen molar-refractivity contribution in [1.29, 1.82) is 0 Å². The minimum atomic E-state index is -0.0268. The average Bonchev–Trinajstić information content (AvgIpc) is 3.15. The number of fused-ring (bicyclic) bond motifs is 6. The summed E-state index contributed by atoms with van der Waals surface area (Å²) in [5.74, 6) is 2.16. The zero-order valence-corrected chi connectivity index (χ0v) is 13.6. The Morgan fingerprint density at radius 1 is 1.36 bits per heavy atom. The van der Waals surface area contributed by atoms with Crippen LogP contribution >= 0.6 is 11.6 Å². The first-order chi connectivity index (χ1) is 10.6. The van der Waals surface area contributed by atoms with Crippen LogP contribution in [0.5, 0.6) is 0 Å². The van der Waals surface area contributed by atoms with Crippen LogP contribution in [-0.4, -0.2) is 22.3 Å². The number of carbonyl (C=O) groups is 1. The fourth-order valence-electron chi connectivity index (χ4n) is 5.80. The molecule has 0 aromatic carbocycles. The molecule has 2 saturated carbocycles. The van der Waals surface area contributed by atoms with Gasteiger partial charge in [0, 0.05) is 30.3 Å². The number of pyridine rings is 1. The van der Waals surface area contributed by atoms with Gasteiger partial charge < -0.3 is 4.90 Å². The third-order valence-electron chi connectivity index (χ3n) is 6.85. The second-order valence-corrected chi connectivity index (χ2v) is 8.36. The predicted octanol–water partition coefficient (Wildman–Crippen LogP) is 3.93. The van der Waals surface area contributed by atoms with Crippen LogP contribution in [0.4, 0.5) is 0 Å². The van der Waals surface area contributed by atoms with E-state index in [0.29, 0.717) is 17.7 Å². The molecule has 0 radical (unpaired) electrons. The Balaban J connectivity index is 1.51. The molecule has 22 heavy (non-hydrogen) atoms. The second kappa shape index (κ2) is 4.25. The first kappa shape index (κ1) is 13.4. The summed E-state index contributed by atoms with van der Waals surface area (Å²) in [4.78, 5) is 19.8. The van der Waals surface area contributed by atoms with Crippen molar-refractivity contribution in [2.24, 2.45) is 17.3 Å². The number of likely N-dealkylation sites (tertiary alicyclic amines) is 1. The average molecular weight is 317 g/mol. The highest BCUT2D eigenvalue weighted by Crippen LogP contribution is 2.62. The number of hydrogen-bond donors (Lipinski definition) is 0. The molecule has 3 nitrogen and oxygen atoms in total. The van der Waals surface area contributed by atoms with Crippen LogP contribution in [0.1, 0.15) is 62.1 Å². The predicted molar refractivity (Wildman–Crippen MR) is 84.6 cm³/mol. The van der Waals surface area contributed by atoms with Crippen LogP contribution in [0.15, 0.2) is 12.4 Å². The van der Waals surface area contributed by atoms with Gasteiger partial charge in [-0.2, -0.15) is 0 Å². The molecule has 3 atom stereocenters. The summed E-state index contributed by atoms with van der Waals surface area (Å²) in [5, 5.41) is 0.778. The molecule has 0 spiro atoms. The molecule has 1 unspecified atom stereocenters. The lowest BCUT2D eigenvalue weighted by Crippen LogP contribution is -2.44. The van der Waals surface area contributed by atoms with Crippen LogP contribution in [0, 0.1) is 17.3 Å². The fourth-order valence-corrected chi connectivity index (χ4v) is 6.09. The maximum Gasteiger partial charge on any atom is 0.229 e. The summed E-state index contributed by atoms with van der Waals surface area (Å²) < 4.78 is 0. The second-order valence-electron chi connectivity index (χ2n) is 7.96. The van der Waals surface area contributed by atoms with Gasteiger partial charge in [0.15, 0.2) is 0 Å². The third kappa shape index (κ3) is 1.49. The molecule has 3 aliphatic carbocycles. The van der Waals surface area contributed by atoms with Crippen LogP contribution in [0.3, 0.4) is 0 Å². The third-order valence-corrected chi connectivity index (χ3v) is 7.15.